The zero-order valence-electron chi connectivity index (χ0n) is 20.6. The maximum atomic E-state index is 12.9. The summed E-state index contributed by atoms with van der Waals surface area (Å²) in [6.07, 6.45) is 10.6. The Morgan fingerprint density at radius 2 is 2.00 bits per heavy atom. The summed E-state index contributed by atoms with van der Waals surface area (Å²) < 4.78 is 2.10. The fourth-order valence-electron chi connectivity index (χ4n) is 5.47. The first-order valence-electron chi connectivity index (χ1n) is 12.9. The van der Waals surface area contributed by atoms with Gasteiger partial charge in [-0.05, 0) is 48.4 Å². The summed E-state index contributed by atoms with van der Waals surface area (Å²) in [6.45, 7) is 3.06. The number of aryl methyl sites for hydroxylation is 1. The second kappa shape index (κ2) is 10.5. The van der Waals surface area contributed by atoms with Gasteiger partial charge in [-0.25, -0.2) is 0 Å². The average molecular weight is 474 g/mol. The number of unbranched alkanes of at least 4 members (excludes halogenated alkanes) is 1. The molecule has 1 saturated heterocycles. The first-order valence-corrected chi connectivity index (χ1v) is 12.9. The first kappa shape index (κ1) is 23.4. The molecule has 3 aromatic rings. The lowest BCUT2D eigenvalue weighted by Crippen LogP contribution is -2.39. The van der Waals surface area contributed by atoms with Crippen molar-refractivity contribution < 1.29 is 9.59 Å². The van der Waals surface area contributed by atoms with Crippen LogP contribution < -0.4 is 5.32 Å². The van der Waals surface area contributed by atoms with E-state index in [0.29, 0.717) is 31.1 Å². The van der Waals surface area contributed by atoms with Gasteiger partial charge in [-0.2, -0.15) is 0 Å². The Labute approximate surface area is 206 Å². The minimum Gasteiger partial charge on any atom is -0.354 e. The second-order valence-electron chi connectivity index (χ2n) is 9.95. The van der Waals surface area contributed by atoms with Crippen molar-refractivity contribution in [2.45, 2.75) is 51.5 Å². The number of aromatic nitrogens is 2. The van der Waals surface area contributed by atoms with E-state index in [2.05, 4.69) is 38.2 Å². The minimum absolute atomic E-state index is 0.0302. The van der Waals surface area contributed by atoms with Crippen molar-refractivity contribution in [1.29, 1.82) is 0 Å². The quantitative estimate of drug-likeness (QED) is 0.485. The number of amides is 2. The van der Waals surface area contributed by atoms with E-state index >= 15 is 0 Å². The Morgan fingerprint density at radius 3 is 2.83 bits per heavy atom. The molecule has 0 bridgehead atoms. The van der Waals surface area contributed by atoms with Gasteiger partial charge in [0.25, 0.3) is 5.91 Å². The van der Waals surface area contributed by atoms with Gasteiger partial charge in [0, 0.05) is 62.1 Å². The van der Waals surface area contributed by atoms with E-state index in [0.717, 1.165) is 68.4 Å². The molecule has 0 spiro atoms. The number of hydrogen-bond acceptors (Lipinski definition) is 3. The number of likely N-dealkylation sites (tertiary alicyclic amines) is 1. The molecule has 0 unspecified atom stereocenters. The first-order chi connectivity index (χ1) is 17.1. The third-order valence-corrected chi connectivity index (χ3v) is 7.54. The third-order valence-electron chi connectivity index (χ3n) is 7.54. The summed E-state index contributed by atoms with van der Waals surface area (Å²) in [4.78, 5) is 34.9. The number of nitrogens with zero attached hydrogens (tertiary/aromatic N) is 3. The zero-order valence-corrected chi connectivity index (χ0v) is 20.6. The molecule has 7 nitrogen and oxygen atoms in total. The third kappa shape index (κ3) is 5.34. The Balaban J connectivity index is 0.996. The van der Waals surface area contributed by atoms with Gasteiger partial charge in [-0.1, -0.05) is 31.0 Å². The summed E-state index contributed by atoms with van der Waals surface area (Å²) >= 11 is 0. The van der Waals surface area contributed by atoms with Crippen molar-refractivity contribution in [3.63, 3.8) is 0 Å². The number of H-pyrrole nitrogens is 1. The molecular formula is C28H35N5O2. The van der Waals surface area contributed by atoms with Crippen molar-refractivity contribution in [2.24, 2.45) is 18.0 Å². The summed E-state index contributed by atoms with van der Waals surface area (Å²) in [6, 6.07) is 10.2. The van der Waals surface area contributed by atoms with Crippen LogP contribution in [0.5, 0.6) is 0 Å². The van der Waals surface area contributed by atoms with Crippen LogP contribution in [-0.4, -0.2) is 52.1 Å². The smallest absolute Gasteiger partial charge is 0.267 e. The molecule has 2 aromatic heterocycles. The van der Waals surface area contributed by atoms with Crippen LogP contribution in [0.1, 0.15) is 59.4 Å². The lowest BCUT2D eigenvalue weighted by molar-refractivity contribution is -0.131. The van der Waals surface area contributed by atoms with Crippen LogP contribution in [0.15, 0.2) is 41.5 Å². The fraction of sp³-hybridized carbons (Fsp3) is 0.464. The van der Waals surface area contributed by atoms with Crippen LogP contribution in [0.2, 0.25) is 0 Å². The van der Waals surface area contributed by atoms with Crippen LogP contribution in [0, 0.1) is 5.92 Å². The highest BCUT2D eigenvalue weighted by Crippen LogP contribution is 2.25. The molecule has 0 saturated carbocycles. The molecule has 4 heterocycles. The van der Waals surface area contributed by atoms with Gasteiger partial charge < -0.3 is 19.8 Å². The minimum atomic E-state index is -0.0302. The lowest BCUT2D eigenvalue weighted by atomic mass is 9.91. The summed E-state index contributed by atoms with van der Waals surface area (Å²) in [7, 11) is 2.04. The Morgan fingerprint density at radius 1 is 1.17 bits per heavy atom. The summed E-state index contributed by atoms with van der Waals surface area (Å²) in [5, 5.41) is 4.22. The van der Waals surface area contributed by atoms with Gasteiger partial charge in [-0.15, -0.1) is 0 Å². The van der Waals surface area contributed by atoms with E-state index in [1.165, 1.54) is 10.9 Å². The molecule has 0 radical (unpaired) electrons. The molecule has 2 aliphatic heterocycles. The van der Waals surface area contributed by atoms with Crippen molar-refractivity contribution in [3.8, 4) is 0 Å². The van der Waals surface area contributed by atoms with Crippen LogP contribution in [-0.2, 0) is 31.2 Å². The van der Waals surface area contributed by atoms with E-state index in [4.69, 9.17) is 0 Å². The number of rotatable bonds is 8. The molecular weight excluding hydrogens is 438 g/mol. The highest BCUT2D eigenvalue weighted by molar-refractivity contribution is 5.93. The molecule has 7 heteroatoms. The molecule has 35 heavy (non-hydrogen) atoms. The number of carbonyl (C=O) groups is 2. The molecule has 5 rings (SSSR count). The molecule has 1 fully saturated rings. The van der Waals surface area contributed by atoms with Gasteiger partial charge in [-0.3, -0.25) is 14.6 Å². The van der Waals surface area contributed by atoms with Crippen LogP contribution in [0.4, 0.5) is 0 Å². The molecule has 2 N–H and O–H groups in total. The highest BCUT2D eigenvalue weighted by atomic mass is 16.2. The number of fused-ring (bicyclic) bond motifs is 2. The number of aliphatic imine (C=N–C) groups is 1. The standard InChI is InChI=1S/C28H35N5O2/c1-32-19-22(23-7-2-3-8-26(23)32)17-27(34)33-14-10-20(11-15-33)6-4-5-12-30-28(35)25-16-21-18-29-13-9-24(21)31-25/h2-3,7-8,13,16,19-20,31H,4-6,9-12,14-15,17-18H2,1H3,(H,30,35). The maximum Gasteiger partial charge on any atom is 0.267 e. The number of para-hydroxylation sites is 1. The number of aromatic amines is 1. The zero-order chi connectivity index (χ0) is 24.2. The number of carbonyl (C=O) groups excluding carboxylic acids is 2. The van der Waals surface area contributed by atoms with Crippen LogP contribution >= 0.6 is 0 Å². The number of piperidine rings is 1. The predicted octanol–water partition coefficient (Wildman–Crippen LogP) is 4.01. The molecule has 1 aromatic carbocycles. The Kier molecular flexibility index (Phi) is 7.02. The van der Waals surface area contributed by atoms with E-state index < -0.39 is 0 Å². The monoisotopic (exact) mass is 473 g/mol. The van der Waals surface area contributed by atoms with E-state index in [1.807, 2.05) is 36.4 Å². The van der Waals surface area contributed by atoms with Crippen molar-refractivity contribution in [2.75, 3.05) is 19.6 Å². The van der Waals surface area contributed by atoms with Crippen LogP contribution in [0.25, 0.3) is 10.9 Å². The molecule has 2 aliphatic rings. The van der Waals surface area contributed by atoms with Crippen molar-refractivity contribution >= 4 is 28.9 Å². The number of nitrogens with one attached hydrogen (secondary N) is 2. The second-order valence-corrected chi connectivity index (χ2v) is 9.95. The van der Waals surface area contributed by atoms with E-state index in [1.54, 1.807) is 0 Å². The topological polar surface area (TPSA) is 82.5 Å². The van der Waals surface area contributed by atoms with Gasteiger partial charge in [0.2, 0.25) is 5.91 Å². The molecule has 0 atom stereocenters. The Bertz CT molecular complexity index is 1200. The molecule has 184 valence electrons. The normalized spacial score (nSPS) is 16.0. The lowest BCUT2D eigenvalue weighted by Gasteiger charge is -2.32. The van der Waals surface area contributed by atoms with Gasteiger partial charge in [0.15, 0.2) is 0 Å². The van der Waals surface area contributed by atoms with Crippen LogP contribution in [0.3, 0.4) is 0 Å². The highest BCUT2D eigenvalue weighted by Gasteiger charge is 2.23. The predicted molar refractivity (Wildman–Crippen MR) is 139 cm³/mol. The van der Waals surface area contributed by atoms with Crippen molar-refractivity contribution in [3.05, 3.63) is 59.0 Å². The van der Waals surface area contributed by atoms with E-state index in [-0.39, 0.29) is 11.8 Å². The largest absolute Gasteiger partial charge is 0.354 e. The molecule has 0 aliphatic carbocycles. The summed E-state index contributed by atoms with van der Waals surface area (Å²) in [5.41, 5.74) is 5.16. The SMILES string of the molecule is Cn1cc(CC(=O)N2CCC(CCCCNC(=O)c3cc4c([nH]3)CC=NC4)CC2)c2ccccc21. The van der Waals surface area contributed by atoms with Gasteiger partial charge >= 0.3 is 0 Å². The number of benzene rings is 1. The maximum absolute atomic E-state index is 12.9. The van der Waals surface area contributed by atoms with Gasteiger partial charge in [0.1, 0.15) is 5.69 Å². The van der Waals surface area contributed by atoms with Crippen molar-refractivity contribution in [1.82, 2.24) is 19.8 Å². The Hall–Kier alpha value is -3.35. The van der Waals surface area contributed by atoms with E-state index in [9.17, 15) is 9.59 Å². The number of hydrogen-bond donors (Lipinski definition) is 2. The molecule has 2 amide bonds. The van der Waals surface area contributed by atoms with Gasteiger partial charge in [0.05, 0.1) is 13.0 Å². The fourth-order valence-corrected chi connectivity index (χ4v) is 5.47. The summed E-state index contributed by atoms with van der Waals surface area (Å²) in [5.74, 6) is 0.875. The average Bonchev–Trinajstić information content (AvgIpc) is 3.45.